The molecule has 2 heteroatoms. The summed E-state index contributed by atoms with van der Waals surface area (Å²) in [5.74, 6) is 1.49. The summed E-state index contributed by atoms with van der Waals surface area (Å²) in [6.07, 6.45) is 0. The van der Waals surface area contributed by atoms with Gasteiger partial charge >= 0.3 is 0 Å². The van der Waals surface area contributed by atoms with Gasteiger partial charge in [0.2, 0.25) is 0 Å². The molecule has 1 aromatic carbocycles. The summed E-state index contributed by atoms with van der Waals surface area (Å²) in [6.45, 7) is 7.06. The van der Waals surface area contributed by atoms with Gasteiger partial charge in [0.05, 0.1) is 11.1 Å². The van der Waals surface area contributed by atoms with Crippen LogP contribution in [0.3, 0.4) is 0 Å². The maximum Gasteiger partial charge on any atom is 0.133 e. The zero-order valence-corrected chi connectivity index (χ0v) is 9.89. The van der Waals surface area contributed by atoms with Crippen molar-refractivity contribution in [1.29, 1.82) is 0 Å². The maximum atomic E-state index is 5.42. The van der Waals surface area contributed by atoms with E-state index in [0.29, 0.717) is 12.5 Å². The lowest BCUT2D eigenvalue weighted by molar-refractivity contribution is 0.338. The molecule has 72 valence electrons. The average Bonchev–Trinajstić information content (AvgIpc) is 2.08. The van der Waals surface area contributed by atoms with Crippen LogP contribution < -0.4 is 4.74 Å². The minimum Gasteiger partial charge on any atom is -0.493 e. The first-order chi connectivity index (χ1) is 6.15. The molecule has 1 rings (SSSR count). The molecule has 0 amide bonds. The Hall–Kier alpha value is -0.500. The van der Waals surface area contributed by atoms with Gasteiger partial charge in [-0.25, -0.2) is 0 Å². The van der Waals surface area contributed by atoms with Crippen molar-refractivity contribution in [3.8, 4) is 5.75 Å². The molecule has 0 radical (unpaired) electrons. The van der Waals surface area contributed by atoms with Crippen molar-refractivity contribution in [3.63, 3.8) is 0 Å². The van der Waals surface area contributed by atoms with Gasteiger partial charge in [0.1, 0.15) is 5.75 Å². The standard InChI is InChI=1S/C11H15BrO/c1-4-13-11-6-5-9(8(2)3)7-10(11)12/h5-8H,4H2,1-3H3. The molecule has 0 fully saturated rings. The quantitative estimate of drug-likeness (QED) is 0.780. The third-order valence-electron chi connectivity index (χ3n) is 1.92. The molecule has 0 atom stereocenters. The molecule has 0 saturated carbocycles. The molecule has 0 aliphatic carbocycles. The van der Waals surface area contributed by atoms with Gasteiger partial charge in [0, 0.05) is 0 Å². The fourth-order valence-corrected chi connectivity index (χ4v) is 1.66. The van der Waals surface area contributed by atoms with E-state index >= 15 is 0 Å². The first-order valence-corrected chi connectivity index (χ1v) is 5.36. The summed E-state index contributed by atoms with van der Waals surface area (Å²) in [5, 5.41) is 0. The van der Waals surface area contributed by atoms with Gasteiger partial charge in [-0.2, -0.15) is 0 Å². The predicted octanol–water partition coefficient (Wildman–Crippen LogP) is 3.97. The number of halogens is 1. The summed E-state index contributed by atoms with van der Waals surface area (Å²) in [7, 11) is 0. The Labute approximate surface area is 88.2 Å². The van der Waals surface area contributed by atoms with Gasteiger partial charge in [-0.1, -0.05) is 19.9 Å². The molecule has 1 aromatic rings. The molecular formula is C11H15BrO. The molecule has 0 aromatic heterocycles. The van der Waals surface area contributed by atoms with E-state index in [-0.39, 0.29) is 0 Å². The van der Waals surface area contributed by atoms with Crippen molar-refractivity contribution in [2.24, 2.45) is 0 Å². The zero-order valence-electron chi connectivity index (χ0n) is 8.30. The SMILES string of the molecule is CCOc1ccc(C(C)C)cc1Br. The second kappa shape index (κ2) is 4.66. The van der Waals surface area contributed by atoms with Crippen LogP contribution in [-0.2, 0) is 0 Å². The lowest BCUT2D eigenvalue weighted by Crippen LogP contribution is -1.94. The number of hydrogen-bond donors (Lipinski definition) is 0. The second-order valence-corrected chi connectivity index (χ2v) is 4.13. The molecule has 0 aliphatic rings. The molecule has 0 heterocycles. The van der Waals surface area contributed by atoms with Gasteiger partial charge in [0.15, 0.2) is 0 Å². The average molecular weight is 243 g/mol. The molecule has 0 spiro atoms. The van der Waals surface area contributed by atoms with Crippen LogP contribution in [-0.4, -0.2) is 6.61 Å². The summed E-state index contributed by atoms with van der Waals surface area (Å²) in [5.41, 5.74) is 1.33. The van der Waals surface area contributed by atoms with Crippen LogP contribution in [0, 0.1) is 0 Å². The van der Waals surface area contributed by atoms with Gasteiger partial charge in [-0.05, 0) is 46.5 Å². The lowest BCUT2D eigenvalue weighted by atomic mass is 10.0. The third-order valence-corrected chi connectivity index (χ3v) is 2.54. The van der Waals surface area contributed by atoms with Crippen LogP contribution >= 0.6 is 15.9 Å². The number of ether oxygens (including phenoxy) is 1. The van der Waals surface area contributed by atoms with Crippen molar-refractivity contribution in [1.82, 2.24) is 0 Å². The zero-order chi connectivity index (χ0) is 9.84. The van der Waals surface area contributed by atoms with E-state index in [9.17, 15) is 0 Å². The highest BCUT2D eigenvalue weighted by Crippen LogP contribution is 2.28. The molecule has 1 nitrogen and oxygen atoms in total. The van der Waals surface area contributed by atoms with Crippen LogP contribution in [0.5, 0.6) is 5.75 Å². The Kier molecular flexibility index (Phi) is 3.79. The van der Waals surface area contributed by atoms with Crippen LogP contribution in [0.25, 0.3) is 0 Å². The van der Waals surface area contributed by atoms with Crippen molar-refractivity contribution in [2.45, 2.75) is 26.7 Å². The van der Waals surface area contributed by atoms with Crippen LogP contribution in [0.4, 0.5) is 0 Å². The Morgan fingerprint density at radius 1 is 1.38 bits per heavy atom. The van der Waals surface area contributed by atoms with Gasteiger partial charge < -0.3 is 4.74 Å². The number of benzene rings is 1. The summed E-state index contributed by atoms with van der Waals surface area (Å²) in [6, 6.07) is 6.25. The minimum atomic E-state index is 0.562. The van der Waals surface area contributed by atoms with Gasteiger partial charge in [-0.15, -0.1) is 0 Å². The van der Waals surface area contributed by atoms with Crippen molar-refractivity contribution in [3.05, 3.63) is 28.2 Å². The summed E-state index contributed by atoms with van der Waals surface area (Å²) in [4.78, 5) is 0. The Morgan fingerprint density at radius 2 is 2.08 bits per heavy atom. The van der Waals surface area contributed by atoms with Crippen LogP contribution in [0.2, 0.25) is 0 Å². The Bertz CT molecular complexity index is 281. The van der Waals surface area contributed by atoms with Crippen molar-refractivity contribution >= 4 is 15.9 Å². The first kappa shape index (κ1) is 10.6. The highest BCUT2D eigenvalue weighted by Gasteiger charge is 2.04. The normalized spacial score (nSPS) is 10.5. The maximum absolute atomic E-state index is 5.42. The van der Waals surface area contributed by atoms with E-state index in [1.807, 2.05) is 13.0 Å². The number of rotatable bonds is 3. The molecule has 0 bridgehead atoms. The van der Waals surface area contributed by atoms with E-state index in [4.69, 9.17) is 4.74 Å². The Balaban J connectivity index is 2.92. The molecule has 0 unspecified atom stereocenters. The minimum absolute atomic E-state index is 0.562. The van der Waals surface area contributed by atoms with E-state index in [1.54, 1.807) is 0 Å². The number of hydrogen-bond acceptors (Lipinski definition) is 1. The first-order valence-electron chi connectivity index (χ1n) is 4.57. The van der Waals surface area contributed by atoms with E-state index in [0.717, 1.165) is 10.2 Å². The summed E-state index contributed by atoms with van der Waals surface area (Å²) < 4.78 is 6.47. The molecular weight excluding hydrogens is 228 g/mol. The van der Waals surface area contributed by atoms with Crippen molar-refractivity contribution in [2.75, 3.05) is 6.61 Å². The Morgan fingerprint density at radius 3 is 2.54 bits per heavy atom. The van der Waals surface area contributed by atoms with E-state index in [2.05, 4.69) is 41.9 Å². The molecule has 13 heavy (non-hydrogen) atoms. The summed E-state index contributed by atoms with van der Waals surface area (Å²) >= 11 is 3.49. The van der Waals surface area contributed by atoms with Gasteiger partial charge in [0.25, 0.3) is 0 Å². The fraction of sp³-hybridized carbons (Fsp3) is 0.455. The topological polar surface area (TPSA) is 9.23 Å². The second-order valence-electron chi connectivity index (χ2n) is 3.28. The van der Waals surface area contributed by atoms with Crippen LogP contribution in [0.15, 0.2) is 22.7 Å². The monoisotopic (exact) mass is 242 g/mol. The molecule has 0 saturated heterocycles. The van der Waals surface area contributed by atoms with E-state index in [1.165, 1.54) is 5.56 Å². The lowest BCUT2D eigenvalue weighted by Gasteiger charge is -2.09. The predicted molar refractivity (Wildman–Crippen MR) is 59.4 cm³/mol. The highest BCUT2D eigenvalue weighted by atomic mass is 79.9. The fourth-order valence-electron chi connectivity index (χ4n) is 1.15. The smallest absolute Gasteiger partial charge is 0.133 e. The van der Waals surface area contributed by atoms with E-state index < -0.39 is 0 Å². The molecule has 0 N–H and O–H groups in total. The largest absolute Gasteiger partial charge is 0.493 e. The van der Waals surface area contributed by atoms with Gasteiger partial charge in [-0.3, -0.25) is 0 Å². The molecule has 0 aliphatic heterocycles. The highest BCUT2D eigenvalue weighted by molar-refractivity contribution is 9.10. The van der Waals surface area contributed by atoms with Crippen molar-refractivity contribution < 1.29 is 4.74 Å². The van der Waals surface area contributed by atoms with Crippen LogP contribution in [0.1, 0.15) is 32.3 Å². The third kappa shape index (κ3) is 2.73.